The van der Waals surface area contributed by atoms with Crippen LogP contribution in [0.15, 0.2) is 29.0 Å². The van der Waals surface area contributed by atoms with Gasteiger partial charge >= 0.3 is 0 Å². The predicted molar refractivity (Wildman–Crippen MR) is 105 cm³/mol. The molecule has 0 bridgehead atoms. The average Bonchev–Trinajstić information content (AvgIpc) is 2.62. The van der Waals surface area contributed by atoms with E-state index in [1.807, 2.05) is 13.0 Å². The Morgan fingerprint density at radius 1 is 1.33 bits per heavy atom. The molecule has 0 saturated carbocycles. The van der Waals surface area contributed by atoms with Crippen molar-refractivity contribution in [3.8, 4) is 0 Å². The number of carbonyl (C=O) groups excluding carboxylic acids is 2. The number of aromatic nitrogens is 2. The van der Waals surface area contributed by atoms with Gasteiger partial charge in [0.1, 0.15) is 11.3 Å². The Kier molecular flexibility index (Phi) is 5.48. The molecule has 7 nitrogen and oxygen atoms in total. The van der Waals surface area contributed by atoms with Crippen LogP contribution in [0.25, 0.3) is 10.9 Å². The highest BCUT2D eigenvalue weighted by Crippen LogP contribution is 2.22. The number of halogens is 1. The van der Waals surface area contributed by atoms with Gasteiger partial charge in [0.25, 0.3) is 11.8 Å². The summed E-state index contributed by atoms with van der Waals surface area (Å²) in [5, 5.41) is 13.8. The van der Waals surface area contributed by atoms with Crippen LogP contribution in [0.3, 0.4) is 0 Å². The van der Waals surface area contributed by atoms with Gasteiger partial charge in [0, 0.05) is 36.9 Å². The Hall–Kier alpha value is -2.06. The topological polar surface area (TPSA) is 95.4 Å². The molecule has 2 N–H and O–H groups in total. The van der Waals surface area contributed by atoms with Gasteiger partial charge in [-0.25, -0.2) is 4.98 Å². The summed E-state index contributed by atoms with van der Waals surface area (Å²) in [5.41, 5.74) is -0.435. The first kappa shape index (κ1) is 19.7. The molecule has 144 valence electrons. The van der Waals surface area contributed by atoms with Crippen molar-refractivity contribution in [1.29, 1.82) is 0 Å². The molecule has 1 saturated heterocycles. The Labute approximate surface area is 166 Å². The number of nitrogens with one attached hydrogen (secondary N) is 1. The number of piperidine rings is 1. The zero-order valence-corrected chi connectivity index (χ0v) is 17.2. The highest BCUT2D eigenvalue weighted by molar-refractivity contribution is 9.10. The van der Waals surface area contributed by atoms with E-state index in [2.05, 4.69) is 31.2 Å². The van der Waals surface area contributed by atoms with E-state index in [9.17, 15) is 14.7 Å². The molecule has 2 atom stereocenters. The van der Waals surface area contributed by atoms with Gasteiger partial charge in [-0.1, -0.05) is 6.92 Å². The minimum Gasteiger partial charge on any atom is -0.381 e. The first-order valence-corrected chi connectivity index (χ1v) is 9.69. The molecule has 0 spiro atoms. The second-order valence-electron chi connectivity index (χ2n) is 7.55. The maximum absolute atomic E-state index is 12.7. The lowest BCUT2D eigenvalue weighted by Gasteiger charge is -2.39. The van der Waals surface area contributed by atoms with Crippen LogP contribution in [0.4, 0.5) is 0 Å². The smallest absolute Gasteiger partial charge is 0.270 e. The van der Waals surface area contributed by atoms with E-state index < -0.39 is 5.60 Å². The quantitative estimate of drug-likeness (QED) is 0.771. The summed E-state index contributed by atoms with van der Waals surface area (Å²) in [6.07, 6.45) is 4.09. The van der Waals surface area contributed by atoms with Crippen LogP contribution in [-0.2, 0) is 4.79 Å². The summed E-state index contributed by atoms with van der Waals surface area (Å²) >= 11 is 3.41. The maximum Gasteiger partial charge on any atom is 0.270 e. The molecule has 0 aromatic carbocycles. The van der Waals surface area contributed by atoms with Gasteiger partial charge in [0.15, 0.2) is 0 Å². The molecule has 3 rings (SSSR count). The lowest BCUT2D eigenvalue weighted by atomic mass is 9.92. The number of pyridine rings is 2. The Balaban J connectivity index is 1.76. The molecule has 2 aromatic rings. The second kappa shape index (κ2) is 7.52. The summed E-state index contributed by atoms with van der Waals surface area (Å²) in [5.74, 6) is -0.389. The third-order valence-electron chi connectivity index (χ3n) is 4.87. The first-order chi connectivity index (χ1) is 12.7. The van der Waals surface area contributed by atoms with Crippen LogP contribution in [0.1, 0.15) is 37.7 Å². The van der Waals surface area contributed by atoms with E-state index in [0.717, 1.165) is 16.3 Å². The van der Waals surface area contributed by atoms with Gasteiger partial charge in [-0.05, 0) is 54.2 Å². The molecule has 0 aliphatic carbocycles. The van der Waals surface area contributed by atoms with Gasteiger partial charge in [0.05, 0.1) is 9.99 Å². The van der Waals surface area contributed by atoms with E-state index in [1.54, 1.807) is 23.4 Å². The normalized spacial score (nSPS) is 20.6. The summed E-state index contributed by atoms with van der Waals surface area (Å²) in [6, 6.07) is 3.28. The lowest BCUT2D eigenvalue weighted by molar-refractivity contribution is -0.149. The Bertz CT molecular complexity index is 881. The number of fused-ring (bicyclic) bond motifs is 1. The molecule has 8 heteroatoms. The number of aliphatic hydroxyl groups is 1. The number of hydrogen-bond donors (Lipinski definition) is 2. The number of amides is 2. The standard InChI is InChI=1S/C19H23BrN4O3/c1-11-6-7-24(18(26)19(2,3)27)10-15(11)23-17(25)14-5-4-12-8-21-9-13(20)16(12)22-14/h4-5,8-9,11,15,27H,6-7,10H2,1-3H3,(H,23,25). The molecular formula is C19H23BrN4O3. The monoisotopic (exact) mass is 434 g/mol. The highest BCUT2D eigenvalue weighted by atomic mass is 79.9. The third kappa shape index (κ3) is 4.27. The van der Waals surface area contributed by atoms with E-state index in [1.165, 1.54) is 13.8 Å². The average molecular weight is 435 g/mol. The summed E-state index contributed by atoms with van der Waals surface area (Å²) in [6.45, 7) is 5.95. The minimum absolute atomic E-state index is 0.198. The van der Waals surface area contributed by atoms with Crippen molar-refractivity contribution in [1.82, 2.24) is 20.2 Å². The van der Waals surface area contributed by atoms with E-state index in [0.29, 0.717) is 24.3 Å². The minimum atomic E-state index is -1.42. The van der Waals surface area contributed by atoms with Crippen molar-refractivity contribution in [2.45, 2.75) is 38.8 Å². The SMILES string of the molecule is CC1CCN(C(=O)C(C)(C)O)CC1NC(=O)c1ccc2cncc(Br)c2n1. The van der Waals surface area contributed by atoms with Crippen LogP contribution >= 0.6 is 15.9 Å². The fourth-order valence-corrected chi connectivity index (χ4v) is 3.64. The number of likely N-dealkylation sites (tertiary alicyclic amines) is 1. The summed E-state index contributed by atoms with van der Waals surface area (Å²) < 4.78 is 0.725. The molecule has 1 fully saturated rings. The van der Waals surface area contributed by atoms with Crippen LogP contribution in [0.5, 0.6) is 0 Å². The fourth-order valence-electron chi connectivity index (χ4n) is 3.21. The van der Waals surface area contributed by atoms with E-state index in [-0.39, 0.29) is 23.8 Å². The van der Waals surface area contributed by atoms with Crippen molar-refractivity contribution in [3.05, 3.63) is 34.7 Å². The van der Waals surface area contributed by atoms with Crippen LogP contribution < -0.4 is 5.32 Å². The number of carbonyl (C=O) groups is 2. The van der Waals surface area contributed by atoms with Gasteiger partial charge in [-0.3, -0.25) is 14.6 Å². The Morgan fingerprint density at radius 2 is 2.07 bits per heavy atom. The third-order valence-corrected chi connectivity index (χ3v) is 5.45. The molecule has 27 heavy (non-hydrogen) atoms. The lowest BCUT2D eigenvalue weighted by Crippen LogP contribution is -2.57. The first-order valence-electron chi connectivity index (χ1n) is 8.89. The zero-order chi connectivity index (χ0) is 19.8. The Morgan fingerprint density at radius 3 is 2.78 bits per heavy atom. The molecule has 1 aliphatic rings. The van der Waals surface area contributed by atoms with E-state index in [4.69, 9.17) is 0 Å². The zero-order valence-electron chi connectivity index (χ0n) is 15.6. The van der Waals surface area contributed by atoms with Crippen molar-refractivity contribution >= 4 is 38.6 Å². The van der Waals surface area contributed by atoms with Crippen LogP contribution in [0, 0.1) is 5.92 Å². The molecular weight excluding hydrogens is 412 g/mol. The van der Waals surface area contributed by atoms with Crippen LogP contribution in [-0.4, -0.2) is 56.5 Å². The van der Waals surface area contributed by atoms with Gasteiger partial charge < -0.3 is 15.3 Å². The van der Waals surface area contributed by atoms with Gasteiger partial charge in [-0.2, -0.15) is 0 Å². The van der Waals surface area contributed by atoms with Gasteiger partial charge in [-0.15, -0.1) is 0 Å². The second-order valence-corrected chi connectivity index (χ2v) is 8.40. The molecule has 2 aromatic heterocycles. The molecule has 3 heterocycles. The molecule has 2 unspecified atom stereocenters. The summed E-state index contributed by atoms with van der Waals surface area (Å²) in [7, 11) is 0. The fraction of sp³-hybridized carbons (Fsp3) is 0.474. The van der Waals surface area contributed by atoms with Crippen molar-refractivity contribution < 1.29 is 14.7 Å². The van der Waals surface area contributed by atoms with Crippen molar-refractivity contribution in [2.24, 2.45) is 5.92 Å². The molecule has 2 amide bonds. The number of hydrogen-bond acceptors (Lipinski definition) is 5. The number of nitrogens with zero attached hydrogens (tertiary/aromatic N) is 3. The highest BCUT2D eigenvalue weighted by Gasteiger charge is 2.35. The molecule has 1 aliphatic heterocycles. The maximum atomic E-state index is 12.7. The predicted octanol–water partition coefficient (Wildman–Crippen LogP) is 2.13. The van der Waals surface area contributed by atoms with E-state index >= 15 is 0 Å². The van der Waals surface area contributed by atoms with Crippen LogP contribution in [0.2, 0.25) is 0 Å². The molecule has 0 radical (unpaired) electrons. The van der Waals surface area contributed by atoms with Crippen molar-refractivity contribution in [3.63, 3.8) is 0 Å². The van der Waals surface area contributed by atoms with Crippen molar-refractivity contribution in [2.75, 3.05) is 13.1 Å². The van der Waals surface area contributed by atoms with Gasteiger partial charge in [0.2, 0.25) is 0 Å². The largest absolute Gasteiger partial charge is 0.381 e. The summed E-state index contributed by atoms with van der Waals surface area (Å²) in [4.78, 5) is 35.2. The number of rotatable bonds is 3.